The van der Waals surface area contributed by atoms with Gasteiger partial charge >= 0.3 is 0 Å². The SMILES string of the molecule is CCN1CC2=C(N=C3N(c4ccccc4)N=C(C(=O)Nc4ccccc4)N3C2c2ccc(C)cc2)/C(=C/c2ccc(C)cc2)C1. The average molecular weight is 593 g/mol. The largest absolute Gasteiger partial charge is 0.319 e. The van der Waals surface area contributed by atoms with Crippen LogP contribution in [0.3, 0.4) is 0 Å². The number of carbonyl (C=O) groups excluding carboxylic acids is 1. The highest BCUT2D eigenvalue weighted by atomic mass is 16.2. The summed E-state index contributed by atoms with van der Waals surface area (Å²) in [5, 5.41) is 9.86. The van der Waals surface area contributed by atoms with E-state index in [1.165, 1.54) is 11.1 Å². The van der Waals surface area contributed by atoms with E-state index in [2.05, 4.69) is 85.6 Å². The highest BCUT2D eigenvalue weighted by Gasteiger charge is 2.47. The molecule has 0 spiro atoms. The second-order valence-electron chi connectivity index (χ2n) is 11.7. The van der Waals surface area contributed by atoms with E-state index in [4.69, 9.17) is 10.1 Å². The Bertz CT molecular complexity index is 1840. The smallest absolute Gasteiger partial charge is 0.293 e. The summed E-state index contributed by atoms with van der Waals surface area (Å²) in [6.07, 6.45) is 2.26. The normalized spacial score (nSPS) is 18.8. The van der Waals surface area contributed by atoms with Gasteiger partial charge in [-0.2, -0.15) is 5.01 Å². The molecule has 0 saturated heterocycles. The van der Waals surface area contributed by atoms with Crippen molar-refractivity contribution < 1.29 is 4.79 Å². The molecule has 224 valence electrons. The molecule has 0 radical (unpaired) electrons. The zero-order chi connectivity index (χ0) is 30.9. The molecule has 0 aromatic heterocycles. The van der Waals surface area contributed by atoms with Gasteiger partial charge in [-0.05, 0) is 73.0 Å². The maximum atomic E-state index is 14.1. The molecule has 0 aliphatic carbocycles. The lowest BCUT2D eigenvalue weighted by Crippen LogP contribution is -2.49. The monoisotopic (exact) mass is 592 g/mol. The molecular weight excluding hydrogens is 556 g/mol. The van der Waals surface area contributed by atoms with E-state index in [9.17, 15) is 4.79 Å². The van der Waals surface area contributed by atoms with Gasteiger partial charge in [0.2, 0.25) is 11.8 Å². The minimum atomic E-state index is -0.285. The van der Waals surface area contributed by atoms with Crippen molar-refractivity contribution in [1.82, 2.24) is 9.80 Å². The van der Waals surface area contributed by atoms with Gasteiger partial charge in [-0.1, -0.05) is 103 Å². The molecule has 3 aliphatic heterocycles. The maximum absolute atomic E-state index is 14.1. The van der Waals surface area contributed by atoms with Gasteiger partial charge in [-0.3, -0.25) is 14.6 Å². The first kappa shape index (κ1) is 28.5. The molecule has 0 saturated carbocycles. The van der Waals surface area contributed by atoms with E-state index in [0.717, 1.165) is 53.3 Å². The third-order valence-electron chi connectivity index (χ3n) is 8.52. The topological polar surface area (TPSA) is 63.5 Å². The highest BCUT2D eigenvalue weighted by Crippen LogP contribution is 2.44. The minimum absolute atomic E-state index is 0.280. The molecule has 1 N–H and O–H groups in total. The Hall–Kier alpha value is -5.27. The van der Waals surface area contributed by atoms with Crippen LogP contribution in [-0.2, 0) is 4.79 Å². The van der Waals surface area contributed by atoms with Crippen LogP contribution in [0.15, 0.2) is 136 Å². The number of rotatable bonds is 6. The number of para-hydroxylation sites is 2. The van der Waals surface area contributed by atoms with Crippen LogP contribution >= 0.6 is 0 Å². The summed E-state index contributed by atoms with van der Waals surface area (Å²) < 4.78 is 0. The quantitative estimate of drug-likeness (QED) is 0.258. The second kappa shape index (κ2) is 12.0. The molecule has 4 aromatic carbocycles. The summed E-state index contributed by atoms with van der Waals surface area (Å²) in [5.41, 5.74) is 9.47. The predicted molar refractivity (Wildman–Crippen MR) is 183 cm³/mol. The fourth-order valence-corrected chi connectivity index (χ4v) is 6.14. The highest BCUT2D eigenvalue weighted by molar-refractivity contribution is 6.47. The van der Waals surface area contributed by atoms with Crippen LogP contribution in [0, 0.1) is 13.8 Å². The van der Waals surface area contributed by atoms with Crippen LogP contribution in [0.4, 0.5) is 11.4 Å². The van der Waals surface area contributed by atoms with Gasteiger partial charge in [-0.15, -0.1) is 5.10 Å². The van der Waals surface area contributed by atoms with Crippen molar-refractivity contribution in [3.63, 3.8) is 0 Å². The number of hydrogen-bond donors (Lipinski definition) is 1. The maximum Gasteiger partial charge on any atom is 0.293 e. The number of carbonyl (C=O) groups is 1. The Labute approximate surface area is 264 Å². The lowest BCUT2D eigenvalue weighted by Gasteiger charge is -2.42. The average Bonchev–Trinajstić information content (AvgIpc) is 3.45. The predicted octanol–water partition coefficient (Wildman–Crippen LogP) is 7.16. The van der Waals surface area contributed by atoms with Crippen molar-refractivity contribution >= 4 is 35.2 Å². The second-order valence-corrected chi connectivity index (χ2v) is 11.7. The van der Waals surface area contributed by atoms with Crippen LogP contribution in [-0.4, -0.2) is 47.1 Å². The van der Waals surface area contributed by atoms with Gasteiger partial charge in [0, 0.05) is 18.8 Å². The Morgan fingerprint density at radius 1 is 0.844 bits per heavy atom. The third kappa shape index (κ3) is 5.58. The molecule has 0 bridgehead atoms. The van der Waals surface area contributed by atoms with Crippen molar-refractivity contribution in [3.8, 4) is 0 Å². The van der Waals surface area contributed by atoms with Gasteiger partial charge in [0.15, 0.2) is 0 Å². The number of hydrogen-bond acceptors (Lipinski definition) is 6. The molecule has 3 heterocycles. The summed E-state index contributed by atoms with van der Waals surface area (Å²) >= 11 is 0. The van der Waals surface area contributed by atoms with Crippen LogP contribution in [0.2, 0.25) is 0 Å². The molecule has 45 heavy (non-hydrogen) atoms. The zero-order valence-corrected chi connectivity index (χ0v) is 25.8. The van der Waals surface area contributed by atoms with E-state index in [-0.39, 0.29) is 11.9 Å². The molecule has 7 nitrogen and oxygen atoms in total. The van der Waals surface area contributed by atoms with E-state index >= 15 is 0 Å². The van der Waals surface area contributed by atoms with Crippen LogP contribution in [0.25, 0.3) is 6.08 Å². The number of guanidine groups is 1. The Balaban J connectivity index is 1.42. The molecule has 1 atom stereocenters. The van der Waals surface area contributed by atoms with Gasteiger partial charge < -0.3 is 5.32 Å². The number of anilines is 2. The van der Waals surface area contributed by atoms with E-state index in [0.29, 0.717) is 17.5 Å². The Morgan fingerprint density at radius 2 is 1.49 bits per heavy atom. The summed E-state index contributed by atoms with van der Waals surface area (Å²) in [6.45, 7) is 8.81. The third-order valence-corrected chi connectivity index (χ3v) is 8.52. The molecule has 4 aromatic rings. The summed E-state index contributed by atoms with van der Waals surface area (Å²) in [6, 6.07) is 36.4. The molecule has 1 amide bonds. The number of aryl methyl sites for hydroxylation is 2. The lowest BCUT2D eigenvalue weighted by atomic mass is 9.87. The summed E-state index contributed by atoms with van der Waals surface area (Å²) in [4.78, 5) is 23.9. The lowest BCUT2D eigenvalue weighted by molar-refractivity contribution is -0.110. The van der Waals surface area contributed by atoms with Crippen molar-refractivity contribution in [3.05, 3.63) is 148 Å². The molecule has 3 aliphatic rings. The number of amidine groups is 1. The molecule has 7 rings (SSSR count). The molecule has 7 heteroatoms. The summed E-state index contributed by atoms with van der Waals surface area (Å²) in [5.74, 6) is 0.631. The molecule has 1 unspecified atom stereocenters. The van der Waals surface area contributed by atoms with Crippen molar-refractivity contribution in [2.75, 3.05) is 30.0 Å². The fourth-order valence-electron chi connectivity index (χ4n) is 6.14. The zero-order valence-electron chi connectivity index (χ0n) is 25.8. The number of nitrogens with one attached hydrogen (secondary N) is 1. The van der Waals surface area contributed by atoms with Gasteiger partial charge in [-0.25, -0.2) is 4.99 Å². The standard InChI is InChI=1S/C38H36N6O/c1-4-42-24-30(23-28-19-15-26(2)16-20-28)34-33(25-42)35(29-21-17-27(3)18-22-29)43-36(37(45)39-31-11-7-5-8-12-31)41-44(38(43)40-34)32-13-9-6-10-14-32/h5-23,35H,4,24-25H2,1-3H3,(H,39,45)/b30-23+. The number of fused-ring (bicyclic) bond motifs is 1. The Kier molecular flexibility index (Phi) is 7.61. The van der Waals surface area contributed by atoms with E-state index in [1.807, 2.05) is 65.6 Å². The van der Waals surface area contributed by atoms with Gasteiger partial charge in [0.1, 0.15) is 0 Å². The number of nitrogens with zero attached hydrogens (tertiary/aromatic N) is 5. The van der Waals surface area contributed by atoms with Crippen molar-refractivity contribution in [1.29, 1.82) is 0 Å². The first-order valence-corrected chi connectivity index (χ1v) is 15.5. The number of likely N-dealkylation sites (N-methyl/N-ethyl adjacent to an activating group) is 1. The van der Waals surface area contributed by atoms with Crippen LogP contribution < -0.4 is 10.3 Å². The number of benzene rings is 4. The molecular formula is C38H36N6O. The first-order valence-electron chi connectivity index (χ1n) is 15.5. The van der Waals surface area contributed by atoms with E-state index in [1.54, 1.807) is 5.01 Å². The number of aliphatic imine (C=N–C) groups is 1. The minimum Gasteiger partial charge on any atom is -0.319 e. The number of hydrazone groups is 1. The van der Waals surface area contributed by atoms with Crippen molar-refractivity contribution in [2.45, 2.75) is 26.8 Å². The van der Waals surface area contributed by atoms with Gasteiger partial charge in [0.25, 0.3) is 5.91 Å². The first-order chi connectivity index (χ1) is 22.0. The Morgan fingerprint density at radius 3 is 2.16 bits per heavy atom. The summed E-state index contributed by atoms with van der Waals surface area (Å²) in [7, 11) is 0. The molecule has 0 fully saturated rings. The van der Waals surface area contributed by atoms with Crippen LogP contribution in [0.5, 0.6) is 0 Å². The number of amides is 1. The van der Waals surface area contributed by atoms with E-state index < -0.39 is 0 Å². The van der Waals surface area contributed by atoms with Crippen molar-refractivity contribution in [2.24, 2.45) is 10.1 Å². The van der Waals surface area contributed by atoms with Crippen LogP contribution in [0.1, 0.15) is 35.2 Å². The van der Waals surface area contributed by atoms with Gasteiger partial charge in [0.05, 0.1) is 17.4 Å². The fraction of sp³-hybridized carbons (Fsp3) is 0.184.